The molecular weight excluding hydrogens is 392 g/mol. The van der Waals surface area contributed by atoms with Crippen LogP contribution in [0.4, 0.5) is 5.69 Å². The Morgan fingerprint density at radius 1 is 1.10 bits per heavy atom. The number of nitrogens with zero attached hydrogens (tertiary/aromatic N) is 1. The van der Waals surface area contributed by atoms with Crippen molar-refractivity contribution in [2.75, 3.05) is 38.2 Å². The number of anilines is 1. The van der Waals surface area contributed by atoms with Gasteiger partial charge in [0.2, 0.25) is 10.0 Å². The standard InChI is InChI=1S/C21H26N2O5S/c1-16(2)19-5-3-4-6-20(19)22-21(24)15-28-17-7-9-18(10-8-17)29(25,26)23-11-13-27-14-12-23/h3-10,16H,11-15H2,1-2H3,(H,22,24). The Hall–Kier alpha value is -2.42. The molecule has 2 aromatic carbocycles. The van der Waals surface area contributed by atoms with Crippen LogP contribution in [0.2, 0.25) is 0 Å². The van der Waals surface area contributed by atoms with E-state index < -0.39 is 10.0 Å². The second-order valence-corrected chi connectivity index (χ2v) is 9.00. The highest BCUT2D eigenvalue weighted by molar-refractivity contribution is 7.89. The maximum absolute atomic E-state index is 12.6. The molecule has 0 unspecified atom stereocenters. The van der Waals surface area contributed by atoms with Gasteiger partial charge in [-0.25, -0.2) is 8.42 Å². The zero-order chi connectivity index (χ0) is 20.9. The number of ether oxygens (including phenoxy) is 2. The molecule has 1 amide bonds. The number of carbonyl (C=O) groups is 1. The summed E-state index contributed by atoms with van der Waals surface area (Å²) in [5, 5.41) is 2.86. The highest BCUT2D eigenvalue weighted by atomic mass is 32.2. The molecule has 0 aromatic heterocycles. The molecule has 1 aliphatic heterocycles. The summed E-state index contributed by atoms with van der Waals surface area (Å²) in [6, 6.07) is 13.8. The summed E-state index contributed by atoms with van der Waals surface area (Å²) < 4.78 is 37.4. The minimum absolute atomic E-state index is 0.165. The van der Waals surface area contributed by atoms with Crippen molar-refractivity contribution < 1.29 is 22.7 Å². The number of hydrogen-bond donors (Lipinski definition) is 1. The number of amides is 1. The van der Waals surface area contributed by atoms with Gasteiger partial charge in [-0.3, -0.25) is 4.79 Å². The summed E-state index contributed by atoms with van der Waals surface area (Å²) >= 11 is 0. The van der Waals surface area contributed by atoms with Crippen LogP contribution in [0.5, 0.6) is 5.75 Å². The quantitative estimate of drug-likeness (QED) is 0.747. The lowest BCUT2D eigenvalue weighted by Crippen LogP contribution is -2.40. The van der Waals surface area contributed by atoms with Crippen LogP contribution in [-0.4, -0.2) is 51.5 Å². The zero-order valence-corrected chi connectivity index (χ0v) is 17.4. The van der Waals surface area contributed by atoms with Gasteiger partial charge in [0.25, 0.3) is 5.91 Å². The average molecular weight is 419 g/mol. The molecule has 0 radical (unpaired) electrons. The van der Waals surface area contributed by atoms with E-state index in [9.17, 15) is 13.2 Å². The van der Waals surface area contributed by atoms with Gasteiger partial charge in [0, 0.05) is 18.8 Å². The van der Waals surface area contributed by atoms with E-state index >= 15 is 0 Å². The molecule has 0 spiro atoms. The van der Waals surface area contributed by atoms with Crippen LogP contribution in [-0.2, 0) is 19.6 Å². The maximum Gasteiger partial charge on any atom is 0.262 e. The highest BCUT2D eigenvalue weighted by Crippen LogP contribution is 2.24. The van der Waals surface area contributed by atoms with Gasteiger partial charge >= 0.3 is 0 Å². The van der Waals surface area contributed by atoms with Gasteiger partial charge in [-0.05, 0) is 41.8 Å². The summed E-state index contributed by atoms with van der Waals surface area (Å²) in [6.07, 6.45) is 0. The van der Waals surface area contributed by atoms with E-state index in [0.717, 1.165) is 11.3 Å². The predicted octanol–water partition coefficient (Wildman–Crippen LogP) is 2.85. The van der Waals surface area contributed by atoms with E-state index in [-0.39, 0.29) is 23.3 Å². The molecule has 1 N–H and O–H groups in total. The van der Waals surface area contributed by atoms with E-state index in [1.807, 2.05) is 24.3 Å². The molecule has 1 fully saturated rings. The molecule has 7 nitrogen and oxygen atoms in total. The number of benzene rings is 2. The number of carbonyl (C=O) groups excluding carboxylic acids is 1. The predicted molar refractivity (Wildman–Crippen MR) is 111 cm³/mol. The molecule has 1 saturated heterocycles. The molecule has 156 valence electrons. The Bertz CT molecular complexity index is 936. The summed E-state index contributed by atoms with van der Waals surface area (Å²) in [7, 11) is -3.55. The van der Waals surface area contributed by atoms with Gasteiger partial charge in [-0.15, -0.1) is 0 Å². The van der Waals surface area contributed by atoms with Gasteiger partial charge in [0.15, 0.2) is 6.61 Å². The summed E-state index contributed by atoms with van der Waals surface area (Å²) in [5.41, 5.74) is 1.82. The van der Waals surface area contributed by atoms with Crippen molar-refractivity contribution in [1.82, 2.24) is 4.31 Å². The van der Waals surface area contributed by atoms with E-state index in [2.05, 4.69) is 19.2 Å². The SMILES string of the molecule is CC(C)c1ccccc1NC(=O)COc1ccc(S(=O)(=O)N2CCOCC2)cc1. The van der Waals surface area contributed by atoms with E-state index in [1.54, 1.807) is 12.1 Å². The van der Waals surface area contributed by atoms with Crippen LogP contribution in [0.15, 0.2) is 53.4 Å². The molecule has 2 aromatic rings. The second kappa shape index (κ2) is 9.39. The summed E-state index contributed by atoms with van der Waals surface area (Å²) in [6.45, 7) is 5.45. The van der Waals surface area contributed by atoms with Gasteiger partial charge in [-0.2, -0.15) is 4.31 Å². The van der Waals surface area contributed by atoms with E-state index in [4.69, 9.17) is 9.47 Å². The zero-order valence-electron chi connectivity index (χ0n) is 16.6. The third-order valence-electron chi connectivity index (χ3n) is 4.66. The largest absolute Gasteiger partial charge is 0.484 e. The Labute approximate surface area is 171 Å². The molecule has 0 bridgehead atoms. The minimum Gasteiger partial charge on any atom is -0.484 e. The van der Waals surface area contributed by atoms with Crippen molar-refractivity contribution in [3.8, 4) is 5.75 Å². The third kappa shape index (κ3) is 5.35. The monoisotopic (exact) mass is 418 g/mol. The summed E-state index contributed by atoms with van der Waals surface area (Å²) in [4.78, 5) is 12.4. The number of hydrogen-bond acceptors (Lipinski definition) is 5. The lowest BCUT2D eigenvalue weighted by atomic mass is 10.0. The van der Waals surface area contributed by atoms with Gasteiger partial charge in [0.1, 0.15) is 5.75 Å². The second-order valence-electron chi connectivity index (χ2n) is 7.07. The van der Waals surface area contributed by atoms with Crippen LogP contribution in [0.25, 0.3) is 0 Å². The van der Waals surface area contributed by atoms with Crippen LogP contribution in [0.3, 0.4) is 0 Å². The van der Waals surface area contributed by atoms with E-state index in [1.165, 1.54) is 16.4 Å². The Morgan fingerprint density at radius 3 is 2.41 bits per heavy atom. The highest BCUT2D eigenvalue weighted by Gasteiger charge is 2.26. The van der Waals surface area contributed by atoms with Gasteiger partial charge in [-0.1, -0.05) is 32.0 Å². The smallest absolute Gasteiger partial charge is 0.262 e. The van der Waals surface area contributed by atoms with Crippen molar-refractivity contribution in [2.45, 2.75) is 24.7 Å². The van der Waals surface area contributed by atoms with Gasteiger partial charge < -0.3 is 14.8 Å². The Morgan fingerprint density at radius 2 is 1.76 bits per heavy atom. The molecule has 1 aliphatic rings. The van der Waals surface area contributed by atoms with Crippen molar-refractivity contribution in [2.24, 2.45) is 0 Å². The lowest BCUT2D eigenvalue weighted by molar-refractivity contribution is -0.118. The topological polar surface area (TPSA) is 84.9 Å². The first-order chi connectivity index (χ1) is 13.9. The molecule has 1 heterocycles. The van der Waals surface area contributed by atoms with Crippen molar-refractivity contribution >= 4 is 21.6 Å². The minimum atomic E-state index is -3.55. The fourth-order valence-electron chi connectivity index (χ4n) is 3.09. The van der Waals surface area contributed by atoms with Crippen LogP contribution in [0, 0.1) is 0 Å². The maximum atomic E-state index is 12.6. The van der Waals surface area contributed by atoms with Gasteiger partial charge in [0.05, 0.1) is 18.1 Å². The molecule has 0 saturated carbocycles. The van der Waals surface area contributed by atoms with Crippen molar-refractivity contribution in [3.63, 3.8) is 0 Å². The molecule has 3 rings (SSSR count). The number of nitrogens with one attached hydrogen (secondary N) is 1. The first-order valence-corrected chi connectivity index (χ1v) is 11.0. The first-order valence-electron chi connectivity index (χ1n) is 9.57. The van der Waals surface area contributed by atoms with Crippen LogP contribution >= 0.6 is 0 Å². The van der Waals surface area contributed by atoms with Crippen LogP contribution in [0.1, 0.15) is 25.3 Å². The fourth-order valence-corrected chi connectivity index (χ4v) is 4.50. The number of morpholine rings is 1. The molecular formula is C21H26N2O5S. The van der Waals surface area contributed by atoms with Crippen molar-refractivity contribution in [3.05, 3.63) is 54.1 Å². The molecule has 0 atom stereocenters. The fraction of sp³-hybridized carbons (Fsp3) is 0.381. The van der Waals surface area contributed by atoms with Crippen LogP contribution < -0.4 is 10.1 Å². The normalized spacial score (nSPS) is 15.3. The number of para-hydroxylation sites is 1. The molecule has 0 aliphatic carbocycles. The number of rotatable bonds is 7. The lowest BCUT2D eigenvalue weighted by Gasteiger charge is -2.26. The molecule has 8 heteroatoms. The van der Waals surface area contributed by atoms with Crippen molar-refractivity contribution in [1.29, 1.82) is 0 Å². The molecule has 29 heavy (non-hydrogen) atoms. The first kappa shape index (κ1) is 21.3. The average Bonchev–Trinajstić information content (AvgIpc) is 2.73. The Balaban J connectivity index is 1.58. The third-order valence-corrected chi connectivity index (χ3v) is 6.57. The number of sulfonamides is 1. The summed E-state index contributed by atoms with van der Waals surface area (Å²) in [5.74, 6) is 0.440. The Kier molecular flexibility index (Phi) is 6.89. The van der Waals surface area contributed by atoms with E-state index in [0.29, 0.717) is 32.1 Å².